The van der Waals surface area contributed by atoms with Gasteiger partial charge in [0.15, 0.2) is 0 Å². The largest absolute Gasteiger partial charge is 0.353 e. The normalized spacial score (nSPS) is 14.9. The van der Waals surface area contributed by atoms with Gasteiger partial charge in [0.1, 0.15) is 10.9 Å². The molecule has 0 aliphatic heterocycles. The molecule has 0 aromatic carbocycles. The quantitative estimate of drug-likeness (QED) is 0.564. The fraction of sp³-hybridized carbons (Fsp3) is 0.600. The van der Waals surface area contributed by atoms with Crippen LogP contribution in [0.15, 0.2) is 24.0 Å². The third-order valence-corrected chi connectivity index (χ3v) is 3.35. The molecule has 0 spiro atoms. The van der Waals surface area contributed by atoms with Crippen LogP contribution in [0.2, 0.25) is 0 Å². The van der Waals surface area contributed by atoms with Gasteiger partial charge in [0.2, 0.25) is 0 Å². The molecule has 0 heterocycles. The summed E-state index contributed by atoms with van der Waals surface area (Å²) in [6, 6.07) is 0. The van der Waals surface area contributed by atoms with Crippen LogP contribution in [0.5, 0.6) is 0 Å². The maximum Gasteiger partial charge on any atom is 0.108 e. The summed E-state index contributed by atoms with van der Waals surface area (Å²) in [5, 5.41) is 3.67. The van der Waals surface area contributed by atoms with Crippen LogP contribution in [0.25, 0.3) is 0 Å². The Balaban J connectivity index is 3.85. The van der Waals surface area contributed by atoms with Gasteiger partial charge in [0.05, 0.1) is 0 Å². The van der Waals surface area contributed by atoms with E-state index in [0.717, 1.165) is 12.8 Å². The van der Waals surface area contributed by atoms with Gasteiger partial charge in [0.25, 0.3) is 0 Å². The van der Waals surface area contributed by atoms with E-state index in [0.29, 0.717) is 0 Å². The summed E-state index contributed by atoms with van der Waals surface area (Å²) in [4.78, 5) is 0. The lowest BCUT2D eigenvalue weighted by Gasteiger charge is -2.20. The zero-order valence-electron chi connectivity index (χ0n) is 8.36. The van der Waals surface area contributed by atoms with Crippen molar-refractivity contribution in [3.8, 4) is 0 Å². The number of hydrogen-bond donors (Lipinski definition) is 0. The highest BCUT2D eigenvalue weighted by atomic mass is 32.2. The lowest BCUT2D eigenvalue weighted by atomic mass is 10.5. The molecule has 0 aromatic heterocycles. The van der Waals surface area contributed by atoms with Crippen molar-refractivity contribution in [3.05, 3.63) is 24.0 Å². The van der Waals surface area contributed by atoms with Gasteiger partial charge in [-0.2, -0.15) is 0 Å². The van der Waals surface area contributed by atoms with Crippen LogP contribution in [-0.4, -0.2) is 10.9 Å². The first-order chi connectivity index (χ1) is 6.28. The monoisotopic (exact) mass is 218 g/mol. The third kappa shape index (κ3) is 6.24. The average Bonchev–Trinajstić information content (AvgIpc) is 2.16. The van der Waals surface area contributed by atoms with E-state index in [9.17, 15) is 0 Å². The summed E-state index contributed by atoms with van der Waals surface area (Å²) in [7, 11) is 0. The van der Waals surface area contributed by atoms with E-state index < -0.39 is 0 Å². The molecule has 2 atom stereocenters. The molecule has 1 nitrogen and oxygen atoms in total. The highest BCUT2D eigenvalue weighted by Crippen LogP contribution is 2.24. The second-order valence-corrected chi connectivity index (χ2v) is 4.68. The molecule has 0 N–H and O–H groups in total. The Kier molecular flexibility index (Phi) is 8.82. The van der Waals surface area contributed by atoms with E-state index in [1.807, 2.05) is 10.8 Å². The Bertz CT molecular complexity index is 132. The van der Waals surface area contributed by atoms with E-state index in [-0.39, 0.29) is 10.9 Å². The summed E-state index contributed by atoms with van der Waals surface area (Å²) >= 11 is 3.28. The summed E-state index contributed by atoms with van der Waals surface area (Å²) in [5.74, 6) is 0. The summed E-state index contributed by atoms with van der Waals surface area (Å²) < 4.78 is 5.81. The van der Waals surface area contributed by atoms with Gasteiger partial charge in [-0.3, -0.25) is 0 Å². The molecule has 13 heavy (non-hydrogen) atoms. The first kappa shape index (κ1) is 13.1. The molecule has 0 fully saturated rings. The number of thioether (sulfide) groups is 2. The maximum atomic E-state index is 5.81. The molecule has 0 aromatic rings. The van der Waals surface area contributed by atoms with E-state index in [1.54, 1.807) is 23.5 Å². The highest BCUT2D eigenvalue weighted by molar-refractivity contribution is 8.03. The fourth-order valence-corrected chi connectivity index (χ4v) is 2.11. The topological polar surface area (TPSA) is 9.23 Å². The van der Waals surface area contributed by atoms with Crippen LogP contribution in [0.1, 0.15) is 26.7 Å². The Labute approximate surface area is 90.0 Å². The van der Waals surface area contributed by atoms with Crippen molar-refractivity contribution in [2.75, 3.05) is 0 Å². The summed E-state index contributed by atoms with van der Waals surface area (Å²) in [6.45, 7) is 11.6. The number of hydrogen-bond acceptors (Lipinski definition) is 3. The van der Waals surface area contributed by atoms with E-state index in [2.05, 4.69) is 27.0 Å². The van der Waals surface area contributed by atoms with Crippen LogP contribution >= 0.6 is 23.5 Å². The van der Waals surface area contributed by atoms with Crippen molar-refractivity contribution < 1.29 is 4.74 Å². The molecule has 0 aliphatic carbocycles. The predicted molar refractivity (Wildman–Crippen MR) is 64.8 cm³/mol. The van der Waals surface area contributed by atoms with E-state index in [4.69, 9.17) is 4.74 Å². The van der Waals surface area contributed by atoms with Gasteiger partial charge < -0.3 is 4.74 Å². The maximum absolute atomic E-state index is 5.81. The van der Waals surface area contributed by atoms with Crippen molar-refractivity contribution in [1.29, 1.82) is 0 Å². The van der Waals surface area contributed by atoms with Gasteiger partial charge in [-0.15, -0.1) is 23.5 Å². The SMILES string of the molecule is C=CSC(CC)OC(CC)SC=C. The molecule has 0 aliphatic rings. The lowest BCUT2D eigenvalue weighted by molar-refractivity contribution is 0.0882. The van der Waals surface area contributed by atoms with Gasteiger partial charge >= 0.3 is 0 Å². The van der Waals surface area contributed by atoms with Gasteiger partial charge in [-0.1, -0.05) is 27.0 Å². The number of rotatable bonds is 8. The zero-order chi connectivity index (χ0) is 10.1. The zero-order valence-corrected chi connectivity index (χ0v) is 10.00. The van der Waals surface area contributed by atoms with E-state index in [1.165, 1.54) is 0 Å². The van der Waals surface area contributed by atoms with E-state index >= 15 is 0 Å². The van der Waals surface area contributed by atoms with Crippen molar-refractivity contribution in [2.24, 2.45) is 0 Å². The molecule has 0 saturated carbocycles. The second kappa shape index (κ2) is 8.73. The molecule has 0 radical (unpaired) electrons. The highest BCUT2D eigenvalue weighted by Gasteiger charge is 2.12. The van der Waals surface area contributed by atoms with Gasteiger partial charge in [-0.25, -0.2) is 0 Å². The lowest BCUT2D eigenvalue weighted by Crippen LogP contribution is -2.14. The smallest absolute Gasteiger partial charge is 0.108 e. The van der Waals surface area contributed by atoms with Crippen molar-refractivity contribution in [1.82, 2.24) is 0 Å². The summed E-state index contributed by atoms with van der Waals surface area (Å²) in [6.07, 6.45) is 2.01. The first-order valence-corrected chi connectivity index (χ1v) is 6.35. The second-order valence-electron chi connectivity index (χ2n) is 2.42. The Morgan fingerprint density at radius 3 is 1.69 bits per heavy atom. The molecular weight excluding hydrogens is 200 g/mol. The van der Waals surface area contributed by atoms with Crippen LogP contribution in [0.3, 0.4) is 0 Å². The van der Waals surface area contributed by atoms with Crippen molar-refractivity contribution in [2.45, 2.75) is 37.6 Å². The molecular formula is C10H18OS2. The molecule has 0 saturated heterocycles. The predicted octanol–water partition coefficient (Wildman–Crippen LogP) is 4.23. The minimum absolute atomic E-state index is 0.231. The minimum Gasteiger partial charge on any atom is -0.353 e. The number of ether oxygens (including phenoxy) is 1. The van der Waals surface area contributed by atoms with Gasteiger partial charge in [-0.05, 0) is 23.7 Å². The molecule has 3 heteroatoms. The Morgan fingerprint density at radius 2 is 1.46 bits per heavy atom. The van der Waals surface area contributed by atoms with Gasteiger partial charge in [0, 0.05) is 0 Å². The van der Waals surface area contributed by atoms with Crippen LogP contribution in [0.4, 0.5) is 0 Å². The Hall–Kier alpha value is 0.140. The minimum atomic E-state index is 0.231. The molecule has 0 amide bonds. The van der Waals surface area contributed by atoms with Crippen LogP contribution in [-0.2, 0) is 4.74 Å². The third-order valence-electron chi connectivity index (χ3n) is 1.47. The van der Waals surface area contributed by atoms with Crippen molar-refractivity contribution >= 4 is 23.5 Å². The molecule has 0 rings (SSSR count). The summed E-state index contributed by atoms with van der Waals surface area (Å²) in [5.41, 5.74) is 0.463. The molecule has 76 valence electrons. The van der Waals surface area contributed by atoms with Crippen LogP contribution in [0, 0.1) is 0 Å². The standard InChI is InChI=1S/C10H18OS2/c1-5-9(12-7-3)11-10(6-2)13-8-4/h7-10H,3-6H2,1-2H3. The molecule has 0 bridgehead atoms. The van der Waals surface area contributed by atoms with Crippen molar-refractivity contribution in [3.63, 3.8) is 0 Å². The fourth-order valence-electron chi connectivity index (χ4n) is 0.833. The average molecular weight is 218 g/mol. The molecule has 2 unspecified atom stereocenters. The Morgan fingerprint density at radius 1 is 1.08 bits per heavy atom. The van der Waals surface area contributed by atoms with Crippen LogP contribution < -0.4 is 0 Å². The first-order valence-electron chi connectivity index (χ1n) is 4.46.